The number of alkyl halides is 1. The van der Waals surface area contributed by atoms with Crippen molar-refractivity contribution in [1.29, 1.82) is 0 Å². The molecule has 0 radical (unpaired) electrons. The Bertz CT molecular complexity index is 417. The maximum absolute atomic E-state index is 5.68. The number of halogens is 1. The molecule has 14 heavy (non-hydrogen) atoms. The largest absolute Gasteiger partial charge is 0.253 e. The summed E-state index contributed by atoms with van der Waals surface area (Å²) in [5, 5.41) is 0. The lowest BCUT2D eigenvalue weighted by Crippen LogP contribution is -1.93. The predicted octanol–water partition coefficient (Wildman–Crippen LogP) is 2.28. The van der Waals surface area contributed by atoms with Gasteiger partial charge in [0.1, 0.15) is 5.69 Å². The molecule has 0 saturated carbocycles. The molecule has 3 nitrogen and oxygen atoms in total. The van der Waals surface area contributed by atoms with Gasteiger partial charge in [0.05, 0.1) is 11.6 Å². The van der Waals surface area contributed by atoms with Gasteiger partial charge in [-0.05, 0) is 18.2 Å². The van der Waals surface area contributed by atoms with Crippen LogP contribution in [0.15, 0.2) is 36.7 Å². The summed E-state index contributed by atoms with van der Waals surface area (Å²) in [6.45, 7) is 0. The molecule has 70 valence electrons. The van der Waals surface area contributed by atoms with Crippen molar-refractivity contribution in [1.82, 2.24) is 15.0 Å². The summed E-state index contributed by atoms with van der Waals surface area (Å²) >= 11 is 5.68. The van der Waals surface area contributed by atoms with E-state index in [0.29, 0.717) is 11.7 Å². The number of hydrogen-bond donors (Lipinski definition) is 0. The summed E-state index contributed by atoms with van der Waals surface area (Å²) in [7, 11) is 0. The molecule has 2 heterocycles. The van der Waals surface area contributed by atoms with Crippen molar-refractivity contribution in [3.63, 3.8) is 0 Å². The van der Waals surface area contributed by atoms with Gasteiger partial charge in [-0.1, -0.05) is 6.07 Å². The molecule has 0 aromatic carbocycles. The quantitative estimate of drug-likeness (QED) is 0.706. The first-order valence-corrected chi connectivity index (χ1v) is 4.73. The second-order valence-corrected chi connectivity index (χ2v) is 2.99. The first-order chi connectivity index (χ1) is 6.90. The number of aromatic nitrogens is 3. The van der Waals surface area contributed by atoms with Gasteiger partial charge in [-0.15, -0.1) is 11.6 Å². The Kier molecular flexibility index (Phi) is 2.70. The fourth-order valence-corrected chi connectivity index (χ4v) is 1.24. The van der Waals surface area contributed by atoms with Gasteiger partial charge in [0, 0.05) is 12.4 Å². The highest BCUT2D eigenvalue weighted by Gasteiger charge is 2.01. The van der Waals surface area contributed by atoms with Crippen LogP contribution in [0.4, 0.5) is 0 Å². The van der Waals surface area contributed by atoms with Crippen LogP contribution >= 0.6 is 11.6 Å². The van der Waals surface area contributed by atoms with Gasteiger partial charge < -0.3 is 0 Å². The van der Waals surface area contributed by atoms with Crippen LogP contribution in [0.2, 0.25) is 0 Å². The molecule has 2 rings (SSSR count). The number of hydrogen-bond acceptors (Lipinski definition) is 3. The number of nitrogens with zero attached hydrogens (tertiary/aromatic N) is 3. The zero-order valence-electron chi connectivity index (χ0n) is 7.39. The lowest BCUT2D eigenvalue weighted by atomic mass is 10.3. The monoisotopic (exact) mass is 205 g/mol. The molecule has 0 unspecified atom stereocenters. The van der Waals surface area contributed by atoms with Crippen molar-refractivity contribution in [3.05, 3.63) is 42.4 Å². The molecule has 0 saturated heterocycles. The van der Waals surface area contributed by atoms with Crippen molar-refractivity contribution in [2.45, 2.75) is 5.88 Å². The molecule has 0 amide bonds. The van der Waals surface area contributed by atoms with E-state index in [9.17, 15) is 0 Å². The molecule has 0 aliphatic carbocycles. The van der Waals surface area contributed by atoms with Gasteiger partial charge in [-0.25, -0.2) is 9.97 Å². The highest BCUT2D eigenvalue weighted by atomic mass is 35.5. The van der Waals surface area contributed by atoms with Crippen molar-refractivity contribution in [2.24, 2.45) is 0 Å². The highest BCUT2D eigenvalue weighted by molar-refractivity contribution is 6.16. The predicted molar refractivity (Wildman–Crippen MR) is 54.8 cm³/mol. The Hall–Kier alpha value is -1.48. The minimum atomic E-state index is 0.391. The minimum Gasteiger partial charge on any atom is -0.253 e. The molecule has 0 spiro atoms. The van der Waals surface area contributed by atoms with E-state index in [1.807, 2.05) is 18.2 Å². The van der Waals surface area contributed by atoms with E-state index >= 15 is 0 Å². The molecule has 2 aromatic rings. The van der Waals surface area contributed by atoms with Gasteiger partial charge in [0.15, 0.2) is 5.82 Å². The fraction of sp³-hybridized carbons (Fsp3) is 0.100. The zero-order valence-corrected chi connectivity index (χ0v) is 8.15. The van der Waals surface area contributed by atoms with Crippen LogP contribution < -0.4 is 0 Å². The number of pyridine rings is 1. The summed E-state index contributed by atoms with van der Waals surface area (Å²) in [5.41, 5.74) is 1.57. The molecule has 0 aliphatic rings. The van der Waals surface area contributed by atoms with Gasteiger partial charge in [-0.3, -0.25) is 4.98 Å². The Morgan fingerprint density at radius 1 is 1.07 bits per heavy atom. The second-order valence-electron chi connectivity index (χ2n) is 2.72. The second kappa shape index (κ2) is 4.15. The SMILES string of the molecule is ClCc1ccnc(-c2ccccn2)n1. The number of rotatable bonds is 2. The van der Waals surface area contributed by atoms with Crippen molar-refractivity contribution in [2.75, 3.05) is 0 Å². The molecule has 0 bridgehead atoms. The van der Waals surface area contributed by atoms with Gasteiger partial charge in [0.2, 0.25) is 0 Å². The Balaban J connectivity index is 2.42. The van der Waals surface area contributed by atoms with Crippen LogP contribution in [0, 0.1) is 0 Å². The third-order valence-corrected chi connectivity index (χ3v) is 2.02. The Morgan fingerprint density at radius 2 is 2.00 bits per heavy atom. The van der Waals surface area contributed by atoms with Crippen molar-refractivity contribution in [3.8, 4) is 11.5 Å². The smallest absolute Gasteiger partial charge is 0.178 e. The summed E-state index contributed by atoms with van der Waals surface area (Å²) in [6, 6.07) is 7.42. The van der Waals surface area contributed by atoms with E-state index in [0.717, 1.165) is 11.4 Å². The average Bonchev–Trinajstić information content (AvgIpc) is 2.30. The first-order valence-electron chi connectivity index (χ1n) is 4.19. The van der Waals surface area contributed by atoms with Crippen molar-refractivity contribution < 1.29 is 0 Å². The van der Waals surface area contributed by atoms with Gasteiger partial charge in [-0.2, -0.15) is 0 Å². The average molecular weight is 206 g/mol. The van der Waals surface area contributed by atoms with Crippen LogP contribution in [0.1, 0.15) is 5.69 Å². The minimum absolute atomic E-state index is 0.391. The van der Waals surface area contributed by atoms with Crippen LogP contribution in [-0.4, -0.2) is 15.0 Å². The molecular weight excluding hydrogens is 198 g/mol. The summed E-state index contributed by atoms with van der Waals surface area (Å²) in [5.74, 6) is 1.01. The van der Waals surface area contributed by atoms with Crippen LogP contribution in [0.5, 0.6) is 0 Å². The summed E-state index contributed by atoms with van der Waals surface area (Å²) in [6.07, 6.45) is 3.40. The summed E-state index contributed by atoms with van der Waals surface area (Å²) < 4.78 is 0. The maximum Gasteiger partial charge on any atom is 0.178 e. The highest BCUT2D eigenvalue weighted by Crippen LogP contribution is 2.11. The Morgan fingerprint density at radius 3 is 2.71 bits per heavy atom. The van der Waals surface area contributed by atoms with E-state index in [2.05, 4.69) is 15.0 Å². The van der Waals surface area contributed by atoms with E-state index in [1.54, 1.807) is 18.5 Å². The van der Waals surface area contributed by atoms with E-state index in [4.69, 9.17) is 11.6 Å². The molecule has 0 N–H and O–H groups in total. The lowest BCUT2D eigenvalue weighted by Gasteiger charge is -1.99. The zero-order chi connectivity index (χ0) is 9.80. The topological polar surface area (TPSA) is 38.7 Å². The van der Waals surface area contributed by atoms with Crippen LogP contribution in [0.25, 0.3) is 11.5 Å². The van der Waals surface area contributed by atoms with Gasteiger partial charge in [0.25, 0.3) is 0 Å². The molecule has 4 heteroatoms. The normalized spacial score (nSPS) is 10.1. The standard InChI is InChI=1S/C10H8ClN3/c11-7-8-4-6-13-10(14-8)9-3-1-2-5-12-9/h1-6H,7H2. The molecule has 0 atom stereocenters. The van der Waals surface area contributed by atoms with E-state index in [1.165, 1.54) is 0 Å². The van der Waals surface area contributed by atoms with Crippen LogP contribution in [-0.2, 0) is 5.88 Å². The van der Waals surface area contributed by atoms with Crippen LogP contribution in [0.3, 0.4) is 0 Å². The third-order valence-electron chi connectivity index (χ3n) is 1.74. The lowest BCUT2D eigenvalue weighted by molar-refractivity contribution is 1.07. The molecule has 0 aliphatic heterocycles. The fourth-order valence-electron chi connectivity index (χ4n) is 1.09. The van der Waals surface area contributed by atoms with Crippen molar-refractivity contribution >= 4 is 11.6 Å². The van der Waals surface area contributed by atoms with E-state index < -0.39 is 0 Å². The molecule has 0 fully saturated rings. The van der Waals surface area contributed by atoms with Gasteiger partial charge >= 0.3 is 0 Å². The maximum atomic E-state index is 5.68. The van der Waals surface area contributed by atoms with E-state index in [-0.39, 0.29) is 0 Å². The first kappa shape index (κ1) is 9.09. The Labute approximate surface area is 86.8 Å². The molecular formula is C10H8ClN3. The summed E-state index contributed by atoms with van der Waals surface area (Å²) in [4.78, 5) is 12.5. The third kappa shape index (κ3) is 1.88. The molecule has 2 aromatic heterocycles.